The van der Waals surface area contributed by atoms with Gasteiger partial charge in [0.05, 0.1) is 5.56 Å². The summed E-state index contributed by atoms with van der Waals surface area (Å²) in [4.78, 5) is 10.4. The van der Waals surface area contributed by atoms with Crippen molar-refractivity contribution in [1.29, 1.82) is 0 Å². The number of hydrogen-bond acceptors (Lipinski definition) is 3. The van der Waals surface area contributed by atoms with E-state index in [-0.39, 0.29) is 12.1 Å². The SMILES string of the molecule is O=C(O)c1ccc(CNO)c(F)c1F. The fraction of sp³-hybridized carbons (Fsp3) is 0.125. The smallest absolute Gasteiger partial charge is 0.338 e. The monoisotopic (exact) mass is 203 g/mol. The highest BCUT2D eigenvalue weighted by Crippen LogP contribution is 2.16. The number of halogens is 2. The summed E-state index contributed by atoms with van der Waals surface area (Å²) in [6.07, 6.45) is 0. The van der Waals surface area contributed by atoms with Gasteiger partial charge in [-0.25, -0.2) is 19.1 Å². The number of carboxylic acids is 1. The van der Waals surface area contributed by atoms with Crippen molar-refractivity contribution in [2.45, 2.75) is 6.54 Å². The maximum Gasteiger partial charge on any atom is 0.338 e. The van der Waals surface area contributed by atoms with Gasteiger partial charge < -0.3 is 10.3 Å². The molecule has 76 valence electrons. The molecule has 0 aliphatic heterocycles. The van der Waals surface area contributed by atoms with Crippen LogP contribution in [0.25, 0.3) is 0 Å². The van der Waals surface area contributed by atoms with Crippen LogP contribution in [0.3, 0.4) is 0 Å². The van der Waals surface area contributed by atoms with Crippen molar-refractivity contribution in [3.05, 3.63) is 34.9 Å². The lowest BCUT2D eigenvalue weighted by Crippen LogP contribution is -2.11. The lowest BCUT2D eigenvalue weighted by Gasteiger charge is -2.04. The van der Waals surface area contributed by atoms with Crippen molar-refractivity contribution in [3.63, 3.8) is 0 Å². The summed E-state index contributed by atoms with van der Waals surface area (Å²) >= 11 is 0. The van der Waals surface area contributed by atoms with Crippen molar-refractivity contribution >= 4 is 5.97 Å². The average molecular weight is 203 g/mol. The van der Waals surface area contributed by atoms with E-state index in [9.17, 15) is 13.6 Å². The molecule has 6 heteroatoms. The third kappa shape index (κ3) is 1.86. The second-order valence-electron chi connectivity index (χ2n) is 2.54. The third-order valence-electron chi connectivity index (χ3n) is 1.66. The second-order valence-corrected chi connectivity index (χ2v) is 2.54. The molecule has 0 aliphatic carbocycles. The van der Waals surface area contributed by atoms with Crippen molar-refractivity contribution < 1.29 is 23.9 Å². The van der Waals surface area contributed by atoms with Crippen molar-refractivity contribution in [2.24, 2.45) is 0 Å². The van der Waals surface area contributed by atoms with Crippen LogP contribution in [0.4, 0.5) is 8.78 Å². The zero-order valence-corrected chi connectivity index (χ0v) is 6.92. The maximum atomic E-state index is 13.0. The van der Waals surface area contributed by atoms with Gasteiger partial charge in [0.1, 0.15) is 0 Å². The molecular weight excluding hydrogens is 196 g/mol. The second kappa shape index (κ2) is 4.12. The van der Waals surface area contributed by atoms with Crippen LogP contribution in [0.1, 0.15) is 15.9 Å². The molecule has 4 nitrogen and oxygen atoms in total. The quantitative estimate of drug-likeness (QED) is 0.644. The molecule has 14 heavy (non-hydrogen) atoms. The van der Waals surface area contributed by atoms with E-state index < -0.39 is 23.2 Å². The summed E-state index contributed by atoms with van der Waals surface area (Å²) in [5.41, 5.74) is 0.771. The van der Waals surface area contributed by atoms with Gasteiger partial charge in [0.25, 0.3) is 0 Å². The molecule has 0 aliphatic rings. The molecule has 1 rings (SSSR count). The Morgan fingerprint density at radius 3 is 2.50 bits per heavy atom. The number of carbonyl (C=O) groups is 1. The Balaban J connectivity index is 3.19. The molecule has 0 bridgehead atoms. The highest BCUT2D eigenvalue weighted by molar-refractivity contribution is 5.87. The van der Waals surface area contributed by atoms with Gasteiger partial charge >= 0.3 is 5.97 Å². The summed E-state index contributed by atoms with van der Waals surface area (Å²) in [6.45, 7) is -0.289. The van der Waals surface area contributed by atoms with Crippen molar-refractivity contribution in [3.8, 4) is 0 Å². The van der Waals surface area contributed by atoms with Gasteiger partial charge in [0, 0.05) is 12.1 Å². The Kier molecular flexibility index (Phi) is 3.10. The Bertz CT molecular complexity index is 368. The van der Waals surface area contributed by atoms with Crippen LogP contribution in [0.5, 0.6) is 0 Å². The molecular formula is C8H7F2NO3. The van der Waals surface area contributed by atoms with E-state index in [0.29, 0.717) is 0 Å². The molecule has 0 amide bonds. The Morgan fingerprint density at radius 2 is 2.00 bits per heavy atom. The topological polar surface area (TPSA) is 69.6 Å². The normalized spacial score (nSPS) is 10.2. The summed E-state index contributed by atoms with van der Waals surface area (Å²) in [7, 11) is 0. The number of hydroxylamine groups is 1. The van der Waals surface area contributed by atoms with Gasteiger partial charge in [0.2, 0.25) is 0 Å². The fourth-order valence-corrected chi connectivity index (χ4v) is 0.976. The summed E-state index contributed by atoms with van der Waals surface area (Å²) in [6, 6.07) is 2.03. The Labute approximate surface area is 77.7 Å². The number of hydrogen-bond donors (Lipinski definition) is 3. The molecule has 0 atom stereocenters. The van der Waals surface area contributed by atoms with Gasteiger partial charge in [0.15, 0.2) is 11.6 Å². The van der Waals surface area contributed by atoms with E-state index in [4.69, 9.17) is 10.3 Å². The number of nitrogens with one attached hydrogen (secondary N) is 1. The molecule has 1 aromatic carbocycles. The van der Waals surface area contributed by atoms with E-state index in [0.717, 1.165) is 12.1 Å². The third-order valence-corrected chi connectivity index (χ3v) is 1.66. The molecule has 0 heterocycles. The van der Waals surface area contributed by atoms with E-state index in [2.05, 4.69) is 0 Å². The lowest BCUT2D eigenvalue weighted by molar-refractivity contribution is 0.0690. The minimum absolute atomic E-state index is 0.144. The molecule has 1 aromatic rings. The van der Waals surface area contributed by atoms with Crippen LogP contribution in [0, 0.1) is 11.6 Å². The van der Waals surface area contributed by atoms with Crippen LogP contribution < -0.4 is 5.48 Å². The minimum atomic E-state index is -1.54. The lowest BCUT2D eigenvalue weighted by atomic mass is 10.1. The zero-order valence-electron chi connectivity index (χ0n) is 6.92. The van der Waals surface area contributed by atoms with E-state index in [1.165, 1.54) is 0 Å². The van der Waals surface area contributed by atoms with Crippen molar-refractivity contribution in [1.82, 2.24) is 5.48 Å². The van der Waals surface area contributed by atoms with Crippen LogP contribution in [0.2, 0.25) is 0 Å². The molecule has 0 saturated carbocycles. The molecule has 3 N–H and O–H groups in total. The molecule has 0 fully saturated rings. The average Bonchev–Trinajstić information content (AvgIpc) is 2.13. The van der Waals surface area contributed by atoms with Crippen LogP contribution in [-0.4, -0.2) is 16.3 Å². The molecule has 0 unspecified atom stereocenters. The first-order chi connectivity index (χ1) is 6.57. The highest BCUT2D eigenvalue weighted by Gasteiger charge is 2.17. The molecule has 0 radical (unpaired) electrons. The first-order valence-electron chi connectivity index (χ1n) is 3.65. The van der Waals surface area contributed by atoms with Gasteiger partial charge in [-0.05, 0) is 6.07 Å². The van der Waals surface area contributed by atoms with E-state index >= 15 is 0 Å². The van der Waals surface area contributed by atoms with E-state index in [1.807, 2.05) is 0 Å². The molecule has 0 aromatic heterocycles. The highest BCUT2D eigenvalue weighted by atomic mass is 19.2. The predicted octanol–water partition coefficient (Wildman–Crippen LogP) is 1.14. The predicted molar refractivity (Wildman–Crippen MR) is 41.9 cm³/mol. The van der Waals surface area contributed by atoms with Crippen LogP contribution in [-0.2, 0) is 6.54 Å². The Hall–Kier alpha value is -1.53. The number of carboxylic acid groups (broad SMARTS) is 1. The van der Waals surface area contributed by atoms with Crippen LogP contribution >= 0.6 is 0 Å². The fourth-order valence-electron chi connectivity index (χ4n) is 0.976. The number of benzene rings is 1. The van der Waals surface area contributed by atoms with Gasteiger partial charge in [-0.3, -0.25) is 0 Å². The summed E-state index contributed by atoms with van der Waals surface area (Å²) in [5.74, 6) is -4.23. The minimum Gasteiger partial charge on any atom is -0.478 e. The number of rotatable bonds is 3. The zero-order chi connectivity index (χ0) is 10.7. The van der Waals surface area contributed by atoms with Gasteiger partial charge in [-0.1, -0.05) is 6.07 Å². The largest absolute Gasteiger partial charge is 0.478 e. The first kappa shape index (κ1) is 10.6. The number of aromatic carboxylic acids is 1. The molecule has 0 saturated heterocycles. The van der Waals surface area contributed by atoms with Crippen LogP contribution in [0.15, 0.2) is 12.1 Å². The summed E-state index contributed by atoms with van der Waals surface area (Å²) < 4.78 is 26.0. The maximum absolute atomic E-state index is 13.0. The molecule has 0 spiro atoms. The standard InChI is InChI=1S/C8H7F2NO3/c9-6-4(3-11-14)1-2-5(7(6)10)8(12)13/h1-2,11,14H,3H2,(H,12,13). The van der Waals surface area contributed by atoms with Crippen molar-refractivity contribution in [2.75, 3.05) is 0 Å². The first-order valence-corrected chi connectivity index (χ1v) is 3.65. The van der Waals surface area contributed by atoms with E-state index in [1.54, 1.807) is 5.48 Å². The Morgan fingerprint density at radius 1 is 1.36 bits per heavy atom. The summed E-state index contributed by atoms with van der Waals surface area (Å²) in [5, 5.41) is 16.7. The van der Waals surface area contributed by atoms with Gasteiger partial charge in [-0.15, -0.1) is 0 Å². The van der Waals surface area contributed by atoms with Gasteiger partial charge in [-0.2, -0.15) is 0 Å².